The maximum Gasteiger partial charge on any atom is 0.174 e. The summed E-state index contributed by atoms with van der Waals surface area (Å²) in [6, 6.07) is 2.70. The molecule has 2 heterocycles. The third kappa shape index (κ3) is 1.27. The van der Waals surface area contributed by atoms with Gasteiger partial charge in [0.1, 0.15) is 0 Å². The Morgan fingerprint density at radius 3 is 3.32 bits per heavy atom. The summed E-state index contributed by atoms with van der Waals surface area (Å²) in [5.41, 5.74) is 1.38. The molecule has 1 saturated carbocycles. The molecule has 2 bridgehead atoms. The van der Waals surface area contributed by atoms with Crippen LogP contribution in [0, 0.1) is 5.92 Å². The Kier molecular flexibility index (Phi) is 1.76. The summed E-state index contributed by atoms with van der Waals surface area (Å²) in [5, 5.41) is 0. The predicted octanol–water partition coefficient (Wildman–Crippen LogP) is 1.93. The molecule has 2 fully saturated rings. The van der Waals surface area contributed by atoms with E-state index in [1.165, 1.54) is 0 Å². The van der Waals surface area contributed by atoms with Gasteiger partial charge in [0.15, 0.2) is 23.4 Å². The summed E-state index contributed by atoms with van der Waals surface area (Å²) in [6.45, 7) is 0.719. The number of rotatable bonds is 1. The fourth-order valence-corrected chi connectivity index (χ4v) is 5.31. The van der Waals surface area contributed by atoms with Crippen molar-refractivity contribution >= 4 is 5.78 Å². The van der Waals surface area contributed by atoms with E-state index in [0.29, 0.717) is 25.0 Å². The van der Waals surface area contributed by atoms with E-state index in [0.717, 1.165) is 24.1 Å². The summed E-state index contributed by atoms with van der Waals surface area (Å²) in [4.78, 5) is 14.9. The number of ketones is 1. The zero-order chi connectivity index (χ0) is 18.5. The molecule has 0 amide bonds. The monoisotopic (exact) mass is 303 g/mol. The van der Waals surface area contributed by atoms with E-state index in [-0.39, 0.29) is 17.5 Å². The molecule has 1 spiro atoms. The second-order valence-electron chi connectivity index (χ2n) is 6.96. The minimum absolute atomic E-state index is 0.00629. The van der Waals surface area contributed by atoms with Crippen LogP contribution in [0.2, 0.25) is 0 Å². The molecule has 1 saturated heterocycles. The summed E-state index contributed by atoms with van der Waals surface area (Å²) in [7, 11) is -0.595. The van der Waals surface area contributed by atoms with Gasteiger partial charge in [-0.3, -0.25) is 4.79 Å². The topological polar surface area (TPSA) is 38.8 Å². The molecule has 0 aromatic heterocycles. The van der Waals surface area contributed by atoms with E-state index in [4.69, 9.17) is 13.6 Å². The Hall–Kier alpha value is -1.55. The molecule has 1 aromatic rings. The fourth-order valence-electron chi connectivity index (χ4n) is 5.31. The van der Waals surface area contributed by atoms with Crippen molar-refractivity contribution in [3.05, 3.63) is 23.3 Å². The van der Waals surface area contributed by atoms with Gasteiger partial charge in [-0.1, -0.05) is 6.07 Å². The van der Waals surface area contributed by atoms with Gasteiger partial charge in [0.25, 0.3) is 0 Å². The number of likely N-dealkylation sites (tertiary alicyclic amines) is 1. The van der Waals surface area contributed by atoms with Crippen LogP contribution in [0.25, 0.3) is 0 Å². The van der Waals surface area contributed by atoms with Crippen molar-refractivity contribution in [1.29, 1.82) is 0 Å². The minimum atomic E-state index is -2.58. The van der Waals surface area contributed by atoms with Gasteiger partial charge in [-0.2, -0.15) is 0 Å². The van der Waals surface area contributed by atoms with Gasteiger partial charge in [0.2, 0.25) is 0 Å². The summed E-state index contributed by atoms with van der Waals surface area (Å²) in [5.74, 6) is 0.635. The number of methoxy groups -OCH3 is 1. The number of hydrogen-bond donors (Lipinski definition) is 0. The van der Waals surface area contributed by atoms with Crippen LogP contribution in [-0.2, 0) is 16.6 Å². The first kappa shape index (κ1) is 9.56. The van der Waals surface area contributed by atoms with E-state index in [9.17, 15) is 6.17 Å². The Morgan fingerprint density at radius 2 is 2.45 bits per heavy atom. The first-order valence-electron chi connectivity index (χ1n) is 9.93. The smallest absolute Gasteiger partial charge is 0.174 e. The van der Waals surface area contributed by atoms with Crippen LogP contribution >= 0.6 is 0 Å². The third-order valence-electron chi connectivity index (χ3n) is 6.21. The lowest BCUT2D eigenvalue weighted by atomic mass is 9.52. The number of carbonyl (C=O) groups is 1. The number of carbonyl (C=O) groups excluding carboxylic acids is 1. The normalized spacial score (nSPS) is 45.0. The molecule has 4 nitrogen and oxygen atoms in total. The highest BCUT2D eigenvalue weighted by Crippen LogP contribution is 2.62. The average Bonchev–Trinajstić information content (AvgIpc) is 2.90. The number of ether oxygens (including phenoxy) is 2. The Morgan fingerprint density at radius 1 is 1.55 bits per heavy atom. The molecular weight excluding hydrogens is 278 g/mol. The molecule has 22 heavy (non-hydrogen) atoms. The van der Waals surface area contributed by atoms with Crippen molar-refractivity contribution in [3.63, 3.8) is 0 Å². The number of piperidine rings is 1. The van der Waals surface area contributed by atoms with Crippen LogP contribution < -0.4 is 9.47 Å². The van der Waals surface area contributed by atoms with Gasteiger partial charge in [0, 0.05) is 24.8 Å². The van der Waals surface area contributed by atoms with Crippen LogP contribution in [0.3, 0.4) is 0 Å². The van der Waals surface area contributed by atoms with Crippen LogP contribution in [-0.4, -0.2) is 43.4 Å². The minimum Gasteiger partial charge on any atom is -0.493 e. The molecule has 1 aromatic carbocycles. The lowest BCUT2D eigenvalue weighted by Crippen LogP contribution is -2.65. The average molecular weight is 303 g/mol. The second kappa shape index (κ2) is 4.05. The van der Waals surface area contributed by atoms with Crippen molar-refractivity contribution in [2.45, 2.75) is 43.2 Å². The molecule has 4 aliphatic rings. The lowest BCUT2D eigenvalue weighted by Gasteiger charge is -2.57. The maximum atomic E-state index is 12.8. The maximum absolute atomic E-state index is 12.8. The molecule has 116 valence electrons. The van der Waals surface area contributed by atoms with Gasteiger partial charge in [0.05, 0.1) is 11.2 Å². The van der Waals surface area contributed by atoms with Gasteiger partial charge >= 0.3 is 0 Å². The van der Waals surface area contributed by atoms with Gasteiger partial charge in [-0.25, -0.2) is 0 Å². The van der Waals surface area contributed by atoms with Crippen LogP contribution in [0.5, 0.6) is 11.5 Å². The molecule has 0 N–H and O–H groups in total. The largest absolute Gasteiger partial charge is 0.493 e. The van der Waals surface area contributed by atoms with Crippen molar-refractivity contribution in [2.24, 2.45) is 5.92 Å². The highest BCUT2D eigenvalue weighted by molar-refractivity contribution is 5.89. The van der Waals surface area contributed by atoms with Gasteiger partial charge in [-0.15, -0.1) is 0 Å². The summed E-state index contributed by atoms with van der Waals surface area (Å²) < 4.78 is 42.8. The molecule has 5 rings (SSSR count). The Bertz CT molecular complexity index is 825. The van der Waals surface area contributed by atoms with E-state index in [2.05, 4.69) is 4.90 Å². The first-order chi connectivity index (χ1) is 12.2. The van der Waals surface area contributed by atoms with E-state index >= 15 is 0 Å². The predicted molar refractivity (Wildman–Crippen MR) is 81.6 cm³/mol. The third-order valence-corrected chi connectivity index (χ3v) is 6.21. The fraction of sp³-hybridized carbons (Fsp3) is 0.611. The highest BCUT2D eigenvalue weighted by Gasteiger charge is 2.65. The van der Waals surface area contributed by atoms with Crippen LogP contribution in [0.1, 0.15) is 35.9 Å². The van der Waals surface area contributed by atoms with Gasteiger partial charge < -0.3 is 14.4 Å². The molecule has 2 aliphatic heterocycles. The molecule has 0 radical (unpaired) electrons. The Labute approximate surface area is 136 Å². The summed E-state index contributed by atoms with van der Waals surface area (Å²) in [6.07, 6.45) is 1.74. The number of Topliss-reactive ketones (excluding diaryl/α,β-unsaturated/α-hetero) is 1. The zero-order valence-corrected chi connectivity index (χ0v) is 12.5. The number of nitrogens with zero attached hydrogens (tertiary/aromatic N) is 1. The van der Waals surface area contributed by atoms with E-state index < -0.39 is 24.6 Å². The standard InChI is InChI=1S/C18H21NO3/c1-19-8-7-18-11-4-5-13(20)17(18)22-16-14(21-2)6-3-10(15(16)18)9-12(11)19/h3,6,11-12,17H,4-5,7-9H2,1-2H3/t11-,12+,17?,18-/m0/s1/i2D3,12D. The van der Waals surface area contributed by atoms with Crippen molar-refractivity contribution in [2.75, 3.05) is 20.6 Å². The van der Waals surface area contributed by atoms with Crippen LogP contribution in [0.4, 0.5) is 0 Å². The first-order valence-corrected chi connectivity index (χ1v) is 7.93. The van der Waals surface area contributed by atoms with Crippen LogP contribution in [0.15, 0.2) is 12.1 Å². The number of hydrogen-bond acceptors (Lipinski definition) is 4. The van der Waals surface area contributed by atoms with E-state index in [1.54, 1.807) is 6.07 Å². The number of benzene rings is 1. The van der Waals surface area contributed by atoms with Gasteiger partial charge in [-0.05, 0) is 50.4 Å². The van der Waals surface area contributed by atoms with Crippen molar-refractivity contribution < 1.29 is 19.8 Å². The van der Waals surface area contributed by atoms with E-state index in [1.807, 2.05) is 13.1 Å². The quantitative estimate of drug-likeness (QED) is 0.795. The van der Waals surface area contributed by atoms with Crippen molar-refractivity contribution in [3.8, 4) is 11.5 Å². The molecule has 4 atom stereocenters. The second-order valence-corrected chi connectivity index (χ2v) is 6.96. The molecule has 1 unspecified atom stereocenters. The highest BCUT2D eigenvalue weighted by atomic mass is 16.5. The molecule has 4 heteroatoms. The zero-order valence-electron chi connectivity index (χ0n) is 16.5. The SMILES string of the molecule is [2H]C([2H])([2H])Oc1ccc2c3c1OC1C(=O)CC[C@@H]4[C@@]31CCN(C)[C@]4([2H])C2. The molecule has 2 aliphatic carbocycles. The number of likely N-dealkylation sites (N-methyl/N-ethyl adjacent to an activating group) is 1. The molecular formula is C18H21NO3. The van der Waals surface area contributed by atoms with Crippen molar-refractivity contribution in [1.82, 2.24) is 4.90 Å². The summed E-state index contributed by atoms with van der Waals surface area (Å²) >= 11 is 0. The Balaban J connectivity index is 1.76. The lowest BCUT2D eigenvalue weighted by molar-refractivity contribution is -0.138.